The molecule has 1 N–H and O–H groups in total. The highest BCUT2D eigenvalue weighted by Crippen LogP contribution is 2.24. The fraction of sp³-hybridized carbons (Fsp3) is 0.316. The summed E-state index contributed by atoms with van der Waals surface area (Å²) in [5, 5.41) is 2.77. The number of piperidine rings is 1. The number of anilines is 1. The Morgan fingerprint density at radius 2 is 1.60 bits per heavy atom. The summed E-state index contributed by atoms with van der Waals surface area (Å²) in [6.07, 6.45) is 1.79. The van der Waals surface area contributed by atoms with E-state index in [1.165, 1.54) is 0 Å². The Bertz CT molecular complexity index is 825. The molecule has 3 rings (SSSR count). The Morgan fingerprint density at radius 3 is 2.20 bits per heavy atom. The van der Waals surface area contributed by atoms with E-state index >= 15 is 0 Å². The van der Waals surface area contributed by atoms with E-state index in [1.54, 1.807) is 52.8 Å². The number of amides is 1. The highest BCUT2D eigenvalue weighted by molar-refractivity contribution is 7.89. The first-order valence-corrected chi connectivity index (χ1v) is 9.87. The van der Waals surface area contributed by atoms with Crippen molar-refractivity contribution in [1.82, 2.24) is 4.31 Å². The fourth-order valence-electron chi connectivity index (χ4n) is 2.88. The summed E-state index contributed by atoms with van der Waals surface area (Å²) in [5.41, 5.74) is 1.13. The second-order valence-electron chi connectivity index (χ2n) is 6.43. The van der Waals surface area contributed by atoms with Gasteiger partial charge in [-0.15, -0.1) is 0 Å². The maximum Gasteiger partial charge on any atom is 0.255 e. The summed E-state index contributed by atoms with van der Waals surface area (Å²) in [4.78, 5) is 12.4. The molecule has 0 bridgehead atoms. The molecule has 2 aromatic carbocycles. The first kappa shape index (κ1) is 17.6. The molecule has 0 atom stereocenters. The average molecular weight is 358 g/mol. The molecule has 0 aliphatic carbocycles. The van der Waals surface area contributed by atoms with Gasteiger partial charge in [-0.3, -0.25) is 4.79 Å². The SMILES string of the molecule is CC1CCN(S(=O)(=O)c2ccc(NC(=O)c3ccccc3)cc2)CC1. The molecule has 1 heterocycles. The average Bonchev–Trinajstić information content (AvgIpc) is 2.63. The summed E-state index contributed by atoms with van der Waals surface area (Å²) in [5.74, 6) is 0.350. The molecule has 0 unspecified atom stereocenters. The van der Waals surface area contributed by atoms with E-state index in [2.05, 4.69) is 12.2 Å². The van der Waals surface area contributed by atoms with Crippen molar-refractivity contribution in [3.8, 4) is 0 Å². The maximum atomic E-state index is 12.7. The van der Waals surface area contributed by atoms with Crippen molar-refractivity contribution in [3.63, 3.8) is 0 Å². The largest absolute Gasteiger partial charge is 0.322 e. The molecule has 1 aliphatic rings. The third-order valence-corrected chi connectivity index (χ3v) is 6.44. The molecule has 2 aromatic rings. The van der Waals surface area contributed by atoms with Crippen LogP contribution in [-0.2, 0) is 10.0 Å². The van der Waals surface area contributed by atoms with Crippen molar-refractivity contribution in [1.29, 1.82) is 0 Å². The molecule has 5 nitrogen and oxygen atoms in total. The van der Waals surface area contributed by atoms with Crippen molar-refractivity contribution in [2.24, 2.45) is 5.92 Å². The molecule has 6 heteroatoms. The minimum Gasteiger partial charge on any atom is -0.322 e. The third-order valence-electron chi connectivity index (χ3n) is 4.53. The summed E-state index contributed by atoms with van der Waals surface area (Å²) in [6, 6.07) is 15.2. The van der Waals surface area contributed by atoms with Gasteiger partial charge in [0.05, 0.1) is 4.90 Å². The minimum atomic E-state index is -3.46. The van der Waals surface area contributed by atoms with Crippen LogP contribution in [0.1, 0.15) is 30.1 Å². The van der Waals surface area contributed by atoms with E-state index in [4.69, 9.17) is 0 Å². The lowest BCUT2D eigenvalue weighted by molar-refractivity contribution is 0.102. The zero-order valence-electron chi connectivity index (χ0n) is 14.2. The van der Waals surface area contributed by atoms with Crippen LogP contribution >= 0.6 is 0 Å². The van der Waals surface area contributed by atoms with Crippen molar-refractivity contribution in [2.75, 3.05) is 18.4 Å². The number of sulfonamides is 1. The first-order chi connectivity index (χ1) is 12.0. The minimum absolute atomic E-state index is 0.221. The second kappa shape index (κ2) is 7.37. The smallest absolute Gasteiger partial charge is 0.255 e. The van der Waals surface area contributed by atoms with Crippen molar-refractivity contribution < 1.29 is 13.2 Å². The van der Waals surface area contributed by atoms with Gasteiger partial charge in [0.15, 0.2) is 0 Å². The molecule has 0 saturated carbocycles. The number of carbonyl (C=O) groups excluding carboxylic acids is 1. The lowest BCUT2D eigenvalue weighted by Crippen LogP contribution is -2.37. The Balaban J connectivity index is 1.70. The van der Waals surface area contributed by atoms with Crippen LogP contribution in [0.5, 0.6) is 0 Å². The summed E-state index contributed by atoms with van der Waals surface area (Å²) in [6.45, 7) is 3.28. The summed E-state index contributed by atoms with van der Waals surface area (Å²) < 4.78 is 26.9. The number of hydrogen-bond acceptors (Lipinski definition) is 3. The first-order valence-electron chi connectivity index (χ1n) is 8.43. The normalized spacial score (nSPS) is 16.5. The van der Waals surface area contributed by atoms with Crippen LogP contribution in [-0.4, -0.2) is 31.7 Å². The van der Waals surface area contributed by atoms with E-state index < -0.39 is 10.0 Å². The summed E-state index contributed by atoms with van der Waals surface area (Å²) >= 11 is 0. The molecule has 132 valence electrons. The fourth-order valence-corrected chi connectivity index (χ4v) is 4.35. The second-order valence-corrected chi connectivity index (χ2v) is 8.37. The van der Waals surface area contributed by atoms with Gasteiger partial charge in [0.2, 0.25) is 10.0 Å². The Labute approximate surface area is 148 Å². The van der Waals surface area contributed by atoms with Crippen molar-refractivity contribution >= 4 is 21.6 Å². The lowest BCUT2D eigenvalue weighted by atomic mass is 10.0. The van der Waals surface area contributed by atoms with E-state index in [9.17, 15) is 13.2 Å². The number of rotatable bonds is 4. The molecule has 0 aromatic heterocycles. The predicted octanol–water partition coefficient (Wildman–Crippen LogP) is 3.36. The molecule has 0 spiro atoms. The zero-order valence-corrected chi connectivity index (χ0v) is 15.0. The highest BCUT2D eigenvalue weighted by atomic mass is 32.2. The van der Waals surface area contributed by atoms with Gasteiger partial charge in [-0.05, 0) is 55.2 Å². The van der Waals surface area contributed by atoms with Crippen LogP contribution in [0.25, 0.3) is 0 Å². The summed E-state index contributed by atoms with van der Waals surface area (Å²) in [7, 11) is -3.46. The number of nitrogens with one attached hydrogen (secondary N) is 1. The van der Waals surface area contributed by atoms with Crippen LogP contribution in [0.2, 0.25) is 0 Å². The van der Waals surface area contributed by atoms with Gasteiger partial charge >= 0.3 is 0 Å². The van der Waals surface area contributed by atoms with E-state index in [0.29, 0.717) is 30.3 Å². The number of carbonyl (C=O) groups is 1. The lowest BCUT2D eigenvalue weighted by Gasteiger charge is -2.29. The maximum absolute atomic E-state index is 12.7. The van der Waals surface area contributed by atoms with Gasteiger partial charge in [-0.25, -0.2) is 8.42 Å². The van der Waals surface area contributed by atoms with Gasteiger partial charge in [-0.1, -0.05) is 25.1 Å². The molecule has 1 saturated heterocycles. The molecule has 1 aliphatic heterocycles. The molecule has 0 radical (unpaired) electrons. The van der Waals surface area contributed by atoms with Crippen LogP contribution in [0.4, 0.5) is 5.69 Å². The molecular weight excluding hydrogens is 336 g/mol. The van der Waals surface area contributed by atoms with Gasteiger partial charge in [-0.2, -0.15) is 4.31 Å². The molecular formula is C19H22N2O3S. The van der Waals surface area contributed by atoms with Crippen LogP contribution in [0.3, 0.4) is 0 Å². The van der Waals surface area contributed by atoms with Gasteiger partial charge in [0, 0.05) is 24.3 Å². The zero-order chi connectivity index (χ0) is 17.9. The van der Waals surface area contributed by atoms with Crippen LogP contribution in [0, 0.1) is 5.92 Å². The molecule has 1 amide bonds. The van der Waals surface area contributed by atoms with E-state index in [-0.39, 0.29) is 10.8 Å². The number of benzene rings is 2. The standard InChI is InChI=1S/C19H22N2O3S/c1-15-11-13-21(14-12-15)25(23,24)18-9-7-17(8-10-18)20-19(22)16-5-3-2-4-6-16/h2-10,15H,11-14H2,1H3,(H,20,22). The Kier molecular flexibility index (Phi) is 5.20. The Hall–Kier alpha value is -2.18. The van der Waals surface area contributed by atoms with E-state index in [0.717, 1.165) is 12.8 Å². The predicted molar refractivity (Wildman–Crippen MR) is 98.0 cm³/mol. The van der Waals surface area contributed by atoms with Crippen molar-refractivity contribution in [3.05, 3.63) is 60.2 Å². The van der Waals surface area contributed by atoms with E-state index in [1.807, 2.05) is 6.07 Å². The third kappa shape index (κ3) is 4.08. The quantitative estimate of drug-likeness (QED) is 0.911. The molecule has 25 heavy (non-hydrogen) atoms. The monoisotopic (exact) mass is 358 g/mol. The highest BCUT2D eigenvalue weighted by Gasteiger charge is 2.27. The van der Waals surface area contributed by atoms with Crippen LogP contribution in [0.15, 0.2) is 59.5 Å². The van der Waals surface area contributed by atoms with Gasteiger partial charge in [0.1, 0.15) is 0 Å². The number of nitrogens with zero attached hydrogens (tertiary/aromatic N) is 1. The Morgan fingerprint density at radius 1 is 1.00 bits per heavy atom. The van der Waals surface area contributed by atoms with Gasteiger partial charge in [0.25, 0.3) is 5.91 Å². The topological polar surface area (TPSA) is 66.5 Å². The molecule has 1 fully saturated rings. The van der Waals surface area contributed by atoms with Gasteiger partial charge < -0.3 is 5.32 Å². The van der Waals surface area contributed by atoms with Crippen molar-refractivity contribution in [2.45, 2.75) is 24.7 Å². The number of hydrogen-bond donors (Lipinski definition) is 1. The van der Waals surface area contributed by atoms with Crippen LogP contribution < -0.4 is 5.32 Å².